The van der Waals surface area contributed by atoms with Crippen molar-refractivity contribution in [2.75, 3.05) is 31.5 Å². The van der Waals surface area contributed by atoms with Gasteiger partial charge in [0.2, 0.25) is 0 Å². The van der Waals surface area contributed by atoms with E-state index < -0.39 is 0 Å². The number of hydrogen-bond donors (Lipinski definition) is 1. The molecule has 0 amide bonds. The van der Waals surface area contributed by atoms with E-state index in [0.717, 1.165) is 44.8 Å². The molecule has 1 N–H and O–H groups in total. The van der Waals surface area contributed by atoms with Gasteiger partial charge < -0.3 is 10.1 Å². The molecule has 0 aliphatic carbocycles. The van der Waals surface area contributed by atoms with Gasteiger partial charge in [0.15, 0.2) is 0 Å². The number of aromatic nitrogens is 1. The number of morpholine rings is 1. The number of rotatable bonds is 6. The Kier molecular flexibility index (Phi) is 5.97. The van der Waals surface area contributed by atoms with Crippen LogP contribution in [0.5, 0.6) is 0 Å². The van der Waals surface area contributed by atoms with Gasteiger partial charge in [-0.25, -0.2) is 4.98 Å². The van der Waals surface area contributed by atoms with Crippen LogP contribution in [0.3, 0.4) is 0 Å². The lowest BCUT2D eigenvalue weighted by Gasteiger charge is -2.35. The molecule has 21 heavy (non-hydrogen) atoms. The molecule has 0 bridgehead atoms. The summed E-state index contributed by atoms with van der Waals surface area (Å²) in [5.74, 6) is 0.780. The molecule has 1 aromatic rings. The second kappa shape index (κ2) is 7.96. The summed E-state index contributed by atoms with van der Waals surface area (Å²) >= 11 is 0. The molecule has 0 unspecified atom stereocenters. The van der Waals surface area contributed by atoms with Crippen LogP contribution in [-0.4, -0.2) is 48.3 Å². The van der Waals surface area contributed by atoms with E-state index in [1.165, 1.54) is 0 Å². The van der Waals surface area contributed by atoms with Crippen molar-refractivity contribution in [1.82, 2.24) is 9.88 Å². The summed E-state index contributed by atoms with van der Waals surface area (Å²) in [6.45, 7) is 8.34. The van der Waals surface area contributed by atoms with Gasteiger partial charge in [-0.2, -0.15) is 5.26 Å². The van der Waals surface area contributed by atoms with Crippen molar-refractivity contribution in [1.29, 1.82) is 5.26 Å². The van der Waals surface area contributed by atoms with E-state index in [1.54, 1.807) is 18.3 Å². The van der Waals surface area contributed by atoms with Crippen molar-refractivity contribution in [3.63, 3.8) is 0 Å². The Hall–Kier alpha value is -1.64. The fourth-order valence-corrected chi connectivity index (χ4v) is 2.74. The highest BCUT2D eigenvalue weighted by molar-refractivity contribution is 5.42. The maximum absolute atomic E-state index is 8.84. The van der Waals surface area contributed by atoms with Gasteiger partial charge in [0, 0.05) is 25.8 Å². The van der Waals surface area contributed by atoms with E-state index in [2.05, 4.69) is 35.1 Å². The zero-order chi connectivity index (χ0) is 15.1. The van der Waals surface area contributed by atoms with Crippen LogP contribution < -0.4 is 5.32 Å². The Bertz CT molecular complexity index is 475. The fraction of sp³-hybridized carbons (Fsp3) is 0.625. The fourth-order valence-electron chi connectivity index (χ4n) is 2.74. The second-order valence-corrected chi connectivity index (χ2v) is 5.69. The smallest absolute Gasteiger partial charge is 0.127 e. The number of nitriles is 1. The van der Waals surface area contributed by atoms with Crippen molar-refractivity contribution in [2.45, 2.75) is 38.9 Å². The van der Waals surface area contributed by atoms with Crippen LogP contribution >= 0.6 is 0 Å². The summed E-state index contributed by atoms with van der Waals surface area (Å²) in [5, 5.41) is 12.1. The molecule has 0 spiro atoms. The van der Waals surface area contributed by atoms with Crippen LogP contribution in [0.2, 0.25) is 0 Å². The van der Waals surface area contributed by atoms with Crippen LogP contribution in [0.4, 0.5) is 5.82 Å². The normalized spacial score (nSPS) is 22.7. The lowest BCUT2D eigenvalue weighted by Crippen LogP contribution is -2.45. The molecule has 1 fully saturated rings. The Labute approximate surface area is 126 Å². The monoisotopic (exact) mass is 288 g/mol. The number of unbranched alkanes of at least 4 members (excludes halogenated alkanes) is 1. The molecule has 0 saturated carbocycles. The molecule has 114 valence electrons. The van der Waals surface area contributed by atoms with Gasteiger partial charge in [0.25, 0.3) is 0 Å². The second-order valence-electron chi connectivity index (χ2n) is 5.69. The third-order valence-electron chi connectivity index (χ3n) is 3.59. The summed E-state index contributed by atoms with van der Waals surface area (Å²) < 4.78 is 5.73. The van der Waals surface area contributed by atoms with Crippen molar-refractivity contribution in [3.05, 3.63) is 23.9 Å². The Morgan fingerprint density at radius 3 is 2.86 bits per heavy atom. The van der Waals surface area contributed by atoms with Crippen molar-refractivity contribution >= 4 is 5.82 Å². The Morgan fingerprint density at radius 1 is 1.38 bits per heavy atom. The quantitative estimate of drug-likeness (QED) is 0.814. The first kappa shape index (κ1) is 15.7. The first-order valence-electron chi connectivity index (χ1n) is 7.65. The van der Waals surface area contributed by atoms with Gasteiger partial charge >= 0.3 is 0 Å². The largest absolute Gasteiger partial charge is 0.373 e. The number of anilines is 1. The predicted molar refractivity (Wildman–Crippen MR) is 83.1 cm³/mol. The first-order valence-corrected chi connectivity index (χ1v) is 7.65. The van der Waals surface area contributed by atoms with E-state index in [1.807, 2.05) is 0 Å². The van der Waals surface area contributed by atoms with Crippen LogP contribution in [0.15, 0.2) is 18.3 Å². The van der Waals surface area contributed by atoms with E-state index in [0.29, 0.717) is 17.8 Å². The number of ether oxygens (including phenoxy) is 1. The molecule has 2 heterocycles. The third-order valence-corrected chi connectivity index (χ3v) is 3.59. The van der Waals surface area contributed by atoms with Gasteiger partial charge in [-0.15, -0.1) is 0 Å². The van der Waals surface area contributed by atoms with E-state index in [-0.39, 0.29) is 0 Å². The minimum atomic E-state index is 0.338. The molecule has 5 nitrogen and oxygen atoms in total. The van der Waals surface area contributed by atoms with E-state index in [4.69, 9.17) is 10.00 Å². The topological polar surface area (TPSA) is 61.2 Å². The molecular formula is C16H24N4O. The summed E-state index contributed by atoms with van der Waals surface area (Å²) in [6.07, 6.45) is 4.59. The molecule has 1 saturated heterocycles. The summed E-state index contributed by atoms with van der Waals surface area (Å²) in [6, 6.07) is 5.62. The van der Waals surface area contributed by atoms with Gasteiger partial charge in [0.05, 0.1) is 23.8 Å². The molecular weight excluding hydrogens is 264 g/mol. The maximum Gasteiger partial charge on any atom is 0.127 e. The zero-order valence-electron chi connectivity index (χ0n) is 12.9. The SMILES string of the molecule is C[C@@H]1CN(CCCCNc2cc(C#N)ccn2)C[C@@H](C)O1. The number of nitrogens with one attached hydrogen (secondary N) is 1. The number of pyridine rings is 1. The summed E-state index contributed by atoms with van der Waals surface area (Å²) in [7, 11) is 0. The molecule has 1 aliphatic heterocycles. The first-order chi connectivity index (χ1) is 10.2. The Morgan fingerprint density at radius 2 is 2.14 bits per heavy atom. The van der Waals surface area contributed by atoms with Crippen LogP contribution in [0, 0.1) is 11.3 Å². The predicted octanol–water partition coefficient (Wildman–Crippen LogP) is 2.25. The minimum Gasteiger partial charge on any atom is -0.373 e. The number of hydrogen-bond acceptors (Lipinski definition) is 5. The van der Waals surface area contributed by atoms with Crippen molar-refractivity contribution < 1.29 is 4.74 Å². The molecule has 0 radical (unpaired) electrons. The van der Waals surface area contributed by atoms with Gasteiger partial charge in [0.1, 0.15) is 5.82 Å². The highest BCUT2D eigenvalue weighted by atomic mass is 16.5. The number of nitrogens with zero attached hydrogens (tertiary/aromatic N) is 3. The molecule has 2 atom stereocenters. The maximum atomic E-state index is 8.84. The molecule has 1 aliphatic rings. The molecule has 5 heteroatoms. The van der Waals surface area contributed by atoms with E-state index >= 15 is 0 Å². The van der Waals surface area contributed by atoms with Crippen molar-refractivity contribution in [2.24, 2.45) is 0 Å². The Balaban J connectivity index is 1.62. The average molecular weight is 288 g/mol. The van der Waals surface area contributed by atoms with E-state index in [9.17, 15) is 0 Å². The van der Waals surface area contributed by atoms with Gasteiger partial charge in [-0.05, 0) is 45.4 Å². The highest BCUT2D eigenvalue weighted by Crippen LogP contribution is 2.11. The van der Waals surface area contributed by atoms with Crippen LogP contribution in [0.1, 0.15) is 32.3 Å². The summed E-state index contributed by atoms with van der Waals surface area (Å²) in [4.78, 5) is 6.69. The standard InChI is InChI=1S/C16H24N4O/c1-13-11-20(12-14(2)21-13)8-4-3-6-18-16-9-15(10-17)5-7-19-16/h5,7,9,13-14H,3-4,6,8,11-12H2,1-2H3,(H,18,19)/t13-,14-/m1/s1. The lowest BCUT2D eigenvalue weighted by atomic mass is 10.2. The average Bonchev–Trinajstić information content (AvgIpc) is 2.46. The minimum absolute atomic E-state index is 0.338. The molecule has 2 rings (SSSR count). The lowest BCUT2D eigenvalue weighted by molar-refractivity contribution is -0.0681. The van der Waals surface area contributed by atoms with Crippen LogP contribution in [-0.2, 0) is 4.74 Å². The van der Waals surface area contributed by atoms with Crippen LogP contribution in [0.25, 0.3) is 0 Å². The van der Waals surface area contributed by atoms with Gasteiger partial charge in [-0.1, -0.05) is 0 Å². The summed E-state index contributed by atoms with van der Waals surface area (Å²) in [5.41, 5.74) is 0.642. The van der Waals surface area contributed by atoms with Gasteiger partial charge in [-0.3, -0.25) is 4.90 Å². The molecule has 0 aromatic carbocycles. The van der Waals surface area contributed by atoms with Crippen molar-refractivity contribution in [3.8, 4) is 6.07 Å². The highest BCUT2D eigenvalue weighted by Gasteiger charge is 2.21. The zero-order valence-corrected chi connectivity index (χ0v) is 12.9. The third kappa shape index (κ3) is 5.33. The molecule has 1 aromatic heterocycles.